The Bertz CT molecular complexity index is 585. The van der Waals surface area contributed by atoms with Crippen LogP contribution in [0.2, 0.25) is 0 Å². The van der Waals surface area contributed by atoms with Crippen molar-refractivity contribution >= 4 is 0 Å². The van der Waals surface area contributed by atoms with Gasteiger partial charge in [-0.25, -0.2) is 0 Å². The van der Waals surface area contributed by atoms with Crippen LogP contribution in [0.25, 0.3) is 0 Å². The van der Waals surface area contributed by atoms with Crippen LogP contribution >= 0.6 is 0 Å². The van der Waals surface area contributed by atoms with Gasteiger partial charge >= 0.3 is 0 Å². The number of benzene rings is 1. The third-order valence-corrected chi connectivity index (χ3v) is 5.01. The first kappa shape index (κ1) is 12.3. The molecule has 0 aromatic heterocycles. The average molecular weight is 293 g/mol. The van der Waals surface area contributed by atoms with Gasteiger partial charge in [-0.1, -0.05) is 6.07 Å². The summed E-state index contributed by atoms with van der Waals surface area (Å²) in [5.74, 6) is 1.35. The highest BCUT2D eigenvalue weighted by Gasteiger charge is 2.50. The Morgan fingerprint density at radius 1 is 1.29 bits per heavy atom. The SMILES string of the molecule is [2H]C1C[C@@]2(c3ccc(OC)c(OC)c3)CCN(C)[C@H]2C([2H])[C@H]1O. The first-order valence-electron chi connectivity index (χ1n) is 8.55. The van der Waals surface area contributed by atoms with E-state index in [1.54, 1.807) is 14.2 Å². The predicted molar refractivity (Wildman–Crippen MR) is 82.1 cm³/mol. The second kappa shape index (κ2) is 5.50. The molecule has 1 heterocycles. The number of likely N-dealkylation sites (tertiary alicyclic amines) is 1. The first-order valence-corrected chi connectivity index (χ1v) is 7.40. The van der Waals surface area contributed by atoms with Crippen molar-refractivity contribution in [3.05, 3.63) is 23.8 Å². The fraction of sp³-hybridized carbons (Fsp3) is 0.647. The summed E-state index contributed by atoms with van der Waals surface area (Å²) in [5.41, 5.74) is 0.790. The second-order valence-corrected chi connectivity index (χ2v) is 6.02. The number of nitrogens with zero attached hydrogens (tertiary/aromatic N) is 1. The van der Waals surface area contributed by atoms with Crippen LogP contribution < -0.4 is 9.47 Å². The lowest BCUT2D eigenvalue weighted by Gasteiger charge is -2.43. The lowest BCUT2D eigenvalue weighted by molar-refractivity contribution is 0.0566. The molecule has 1 saturated carbocycles. The van der Waals surface area contributed by atoms with Crippen LogP contribution in [0.1, 0.15) is 33.9 Å². The maximum absolute atomic E-state index is 10.2. The highest BCUT2D eigenvalue weighted by atomic mass is 16.5. The van der Waals surface area contributed by atoms with Gasteiger partial charge in [-0.05, 0) is 56.9 Å². The number of ether oxygens (including phenoxy) is 2. The van der Waals surface area contributed by atoms with Gasteiger partial charge in [0.05, 0.1) is 20.3 Å². The summed E-state index contributed by atoms with van der Waals surface area (Å²) in [6.45, 7) is 0.869. The number of rotatable bonds is 3. The van der Waals surface area contributed by atoms with Crippen LogP contribution in [-0.2, 0) is 5.41 Å². The van der Waals surface area contributed by atoms with Crippen molar-refractivity contribution in [1.82, 2.24) is 4.90 Å². The van der Waals surface area contributed by atoms with Crippen molar-refractivity contribution in [3.63, 3.8) is 0 Å². The van der Waals surface area contributed by atoms with Crippen molar-refractivity contribution in [3.8, 4) is 11.5 Å². The van der Waals surface area contributed by atoms with Gasteiger partial charge in [-0.15, -0.1) is 0 Å². The van der Waals surface area contributed by atoms with Gasteiger partial charge in [0.15, 0.2) is 11.5 Å². The van der Waals surface area contributed by atoms with Crippen molar-refractivity contribution < 1.29 is 17.3 Å². The van der Waals surface area contributed by atoms with Gasteiger partial charge in [0, 0.05) is 14.2 Å². The Kier molecular flexibility index (Phi) is 3.22. The molecule has 0 amide bonds. The molecule has 1 N–H and O–H groups in total. The Hall–Kier alpha value is -1.26. The van der Waals surface area contributed by atoms with Gasteiger partial charge in [0.2, 0.25) is 0 Å². The van der Waals surface area contributed by atoms with Crippen molar-refractivity contribution in [2.75, 3.05) is 27.8 Å². The molecule has 1 aromatic carbocycles. The molecule has 116 valence electrons. The zero-order valence-electron chi connectivity index (χ0n) is 14.9. The standard InChI is InChI=1S/C17H25NO3/c1-18-9-8-17(7-6-13(19)11-16(17)18)12-4-5-14(20-2)15(10-12)21-3/h4-5,10,13,16,19H,6-9,11H2,1-3H3/t13-,16-,17-/m0/s1/i6D,11D/t6?,11?,13-,16-,17-. The fourth-order valence-electron chi connectivity index (χ4n) is 3.81. The van der Waals surface area contributed by atoms with Gasteiger partial charge < -0.3 is 19.5 Å². The number of fused-ring (bicyclic) bond motifs is 1. The normalized spacial score (nSPS) is 41.1. The summed E-state index contributed by atoms with van der Waals surface area (Å²) in [6.07, 6.45) is -0.746. The van der Waals surface area contributed by atoms with Gasteiger partial charge in [-0.3, -0.25) is 0 Å². The quantitative estimate of drug-likeness (QED) is 0.927. The molecule has 1 aliphatic heterocycles. The molecule has 0 radical (unpaired) electrons. The van der Waals surface area contributed by atoms with E-state index in [0.717, 1.165) is 18.5 Å². The molecule has 4 heteroatoms. The lowest BCUT2D eigenvalue weighted by Crippen LogP contribution is -2.47. The van der Waals surface area contributed by atoms with E-state index in [1.165, 1.54) is 0 Å². The van der Waals surface area contributed by atoms with Crippen LogP contribution in [0.15, 0.2) is 18.2 Å². The molecule has 0 spiro atoms. The molecule has 1 aromatic rings. The largest absolute Gasteiger partial charge is 0.493 e. The topological polar surface area (TPSA) is 41.9 Å². The molecule has 5 atom stereocenters. The zero-order valence-corrected chi connectivity index (χ0v) is 12.9. The number of aliphatic hydroxyl groups is 1. The number of likely N-dealkylation sites (N-methyl/N-ethyl adjacent to an activating group) is 1. The van der Waals surface area contributed by atoms with Crippen LogP contribution in [0.3, 0.4) is 0 Å². The molecule has 1 saturated heterocycles. The monoisotopic (exact) mass is 293 g/mol. The Morgan fingerprint density at radius 2 is 2.05 bits per heavy atom. The van der Waals surface area contributed by atoms with E-state index in [1.807, 2.05) is 25.2 Å². The Balaban J connectivity index is 2.08. The van der Waals surface area contributed by atoms with Crippen LogP contribution in [0, 0.1) is 0 Å². The van der Waals surface area contributed by atoms with E-state index < -0.39 is 18.9 Å². The van der Waals surface area contributed by atoms with E-state index in [9.17, 15) is 5.11 Å². The van der Waals surface area contributed by atoms with E-state index in [4.69, 9.17) is 12.2 Å². The van der Waals surface area contributed by atoms with Crippen LogP contribution in [0.5, 0.6) is 11.5 Å². The van der Waals surface area contributed by atoms with Gasteiger partial charge in [-0.2, -0.15) is 0 Å². The summed E-state index contributed by atoms with van der Waals surface area (Å²) in [7, 11) is 5.23. The fourth-order valence-corrected chi connectivity index (χ4v) is 3.81. The maximum Gasteiger partial charge on any atom is 0.161 e. The Morgan fingerprint density at radius 3 is 2.76 bits per heavy atom. The van der Waals surface area contributed by atoms with Crippen molar-refractivity contribution in [2.24, 2.45) is 0 Å². The lowest BCUT2D eigenvalue weighted by atomic mass is 9.65. The van der Waals surface area contributed by atoms with Crippen LogP contribution in [0.4, 0.5) is 0 Å². The number of methoxy groups -OCH3 is 2. The molecule has 2 unspecified atom stereocenters. The third-order valence-electron chi connectivity index (χ3n) is 5.01. The van der Waals surface area contributed by atoms with Crippen LogP contribution in [-0.4, -0.2) is 50.0 Å². The molecule has 2 aliphatic rings. The van der Waals surface area contributed by atoms with Gasteiger partial charge in [0.1, 0.15) is 0 Å². The third kappa shape index (κ3) is 2.30. The number of aliphatic hydroxyl groups excluding tert-OH is 1. The maximum atomic E-state index is 10.2. The van der Waals surface area contributed by atoms with Gasteiger partial charge in [0.25, 0.3) is 0 Å². The summed E-state index contributed by atoms with van der Waals surface area (Å²) in [5, 5.41) is 10.2. The highest BCUT2D eigenvalue weighted by Crippen LogP contribution is 2.49. The molecular weight excluding hydrogens is 266 g/mol. The summed E-state index contributed by atoms with van der Waals surface area (Å²) < 4.78 is 27.4. The molecular formula is C17H25NO3. The predicted octanol–water partition coefficient (Wildman–Crippen LogP) is 2.19. The minimum Gasteiger partial charge on any atom is -0.493 e. The first-order chi connectivity index (χ1) is 10.9. The number of hydrogen-bond donors (Lipinski definition) is 1. The zero-order chi connectivity index (χ0) is 16.8. The summed E-state index contributed by atoms with van der Waals surface area (Å²) >= 11 is 0. The second-order valence-electron chi connectivity index (χ2n) is 6.02. The highest BCUT2D eigenvalue weighted by molar-refractivity contribution is 5.46. The molecule has 3 rings (SSSR count). The van der Waals surface area contributed by atoms with E-state index in [2.05, 4.69) is 4.90 Å². The van der Waals surface area contributed by atoms with E-state index >= 15 is 0 Å². The molecule has 1 aliphatic carbocycles. The minimum atomic E-state index is -0.895. The Labute approximate surface area is 129 Å². The average Bonchev–Trinajstić information content (AvgIpc) is 2.89. The smallest absolute Gasteiger partial charge is 0.161 e. The van der Waals surface area contributed by atoms with Crippen molar-refractivity contribution in [2.45, 2.75) is 43.2 Å². The molecule has 4 nitrogen and oxygen atoms in total. The minimum absolute atomic E-state index is 0.0859. The molecule has 2 fully saturated rings. The number of hydrogen-bond acceptors (Lipinski definition) is 4. The summed E-state index contributed by atoms with van der Waals surface area (Å²) in [4.78, 5) is 2.16. The van der Waals surface area contributed by atoms with E-state index in [0.29, 0.717) is 17.9 Å². The molecule has 0 bridgehead atoms. The van der Waals surface area contributed by atoms with E-state index in [-0.39, 0.29) is 11.5 Å². The summed E-state index contributed by atoms with van der Waals surface area (Å²) in [6, 6.07) is 5.80. The van der Waals surface area contributed by atoms with Crippen molar-refractivity contribution in [1.29, 1.82) is 0 Å². The molecule has 21 heavy (non-hydrogen) atoms.